The number of esters is 1. The fraction of sp³-hybridized carbons (Fsp3) is 0.0625. The Bertz CT molecular complexity index is 601. The molecule has 2 rings (SSSR count). The topological polar surface area (TPSA) is 35.5 Å². The van der Waals surface area contributed by atoms with Gasteiger partial charge >= 0.3 is 5.97 Å². The van der Waals surface area contributed by atoms with Gasteiger partial charge in [-0.1, -0.05) is 23.7 Å². The van der Waals surface area contributed by atoms with Crippen molar-refractivity contribution in [3.05, 3.63) is 65.2 Å². The maximum absolute atomic E-state index is 11.6. The standard InChI is InChI=1S/C16H13ClO3/c1-19-14-7-9-15(10-8-14)20-16(18)11-4-12-2-5-13(17)6-3-12/h2-11H,1H3/b11-4+. The molecule has 0 atom stereocenters. The summed E-state index contributed by atoms with van der Waals surface area (Å²) in [5.74, 6) is 0.739. The van der Waals surface area contributed by atoms with E-state index in [0.717, 1.165) is 5.56 Å². The van der Waals surface area contributed by atoms with E-state index in [9.17, 15) is 4.79 Å². The van der Waals surface area contributed by atoms with Crippen molar-refractivity contribution in [1.82, 2.24) is 0 Å². The molecule has 0 N–H and O–H groups in total. The van der Waals surface area contributed by atoms with Crippen LogP contribution in [0.4, 0.5) is 0 Å². The zero-order valence-electron chi connectivity index (χ0n) is 10.9. The minimum Gasteiger partial charge on any atom is -0.497 e. The number of hydrogen-bond acceptors (Lipinski definition) is 3. The SMILES string of the molecule is COc1ccc(OC(=O)/C=C/c2ccc(Cl)cc2)cc1. The third-order valence-electron chi connectivity index (χ3n) is 2.56. The molecular weight excluding hydrogens is 276 g/mol. The molecule has 0 saturated carbocycles. The van der Waals surface area contributed by atoms with Crippen LogP contribution in [0.5, 0.6) is 11.5 Å². The van der Waals surface area contributed by atoms with Crippen LogP contribution < -0.4 is 9.47 Å². The number of carbonyl (C=O) groups excluding carboxylic acids is 1. The normalized spacial score (nSPS) is 10.5. The molecule has 0 spiro atoms. The smallest absolute Gasteiger partial charge is 0.336 e. The molecule has 102 valence electrons. The van der Waals surface area contributed by atoms with Crippen molar-refractivity contribution in [1.29, 1.82) is 0 Å². The fourth-order valence-electron chi connectivity index (χ4n) is 1.53. The Morgan fingerprint density at radius 3 is 2.20 bits per heavy atom. The molecule has 0 saturated heterocycles. The zero-order valence-corrected chi connectivity index (χ0v) is 11.6. The van der Waals surface area contributed by atoms with Gasteiger partial charge in [0, 0.05) is 11.1 Å². The van der Waals surface area contributed by atoms with E-state index in [0.29, 0.717) is 16.5 Å². The van der Waals surface area contributed by atoms with E-state index in [2.05, 4.69) is 0 Å². The van der Waals surface area contributed by atoms with Crippen molar-refractivity contribution < 1.29 is 14.3 Å². The number of halogens is 1. The maximum Gasteiger partial charge on any atom is 0.336 e. The van der Waals surface area contributed by atoms with Crippen molar-refractivity contribution in [2.24, 2.45) is 0 Å². The number of hydrogen-bond donors (Lipinski definition) is 0. The number of benzene rings is 2. The molecule has 3 nitrogen and oxygen atoms in total. The third-order valence-corrected chi connectivity index (χ3v) is 2.81. The summed E-state index contributed by atoms with van der Waals surface area (Å²) in [4.78, 5) is 11.6. The van der Waals surface area contributed by atoms with Crippen molar-refractivity contribution in [3.63, 3.8) is 0 Å². The van der Waals surface area contributed by atoms with Crippen molar-refractivity contribution in [3.8, 4) is 11.5 Å². The van der Waals surface area contributed by atoms with E-state index < -0.39 is 5.97 Å². The molecule has 0 bridgehead atoms. The van der Waals surface area contributed by atoms with Crippen molar-refractivity contribution in [2.75, 3.05) is 7.11 Å². The molecule has 0 fully saturated rings. The number of ether oxygens (including phenoxy) is 2. The predicted molar refractivity (Wildman–Crippen MR) is 79.1 cm³/mol. The lowest BCUT2D eigenvalue weighted by Gasteiger charge is -2.02. The zero-order chi connectivity index (χ0) is 14.4. The summed E-state index contributed by atoms with van der Waals surface area (Å²) in [6.45, 7) is 0. The second-order valence-corrected chi connectivity index (χ2v) is 4.42. The molecule has 0 unspecified atom stereocenters. The first-order valence-electron chi connectivity index (χ1n) is 5.97. The van der Waals surface area contributed by atoms with Crippen LogP contribution in [-0.2, 0) is 4.79 Å². The monoisotopic (exact) mass is 288 g/mol. The quantitative estimate of drug-likeness (QED) is 0.485. The molecule has 0 aliphatic rings. The Balaban J connectivity index is 1.96. The van der Waals surface area contributed by atoms with Gasteiger partial charge in [-0.2, -0.15) is 0 Å². The summed E-state index contributed by atoms with van der Waals surface area (Å²) in [5.41, 5.74) is 0.876. The molecule has 2 aromatic rings. The first-order chi connectivity index (χ1) is 9.67. The highest BCUT2D eigenvalue weighted by Crippen LogP contribution is 2.17. The van der Waals surface area contributed by atoms with Crippen LogP contribution in [0.1, 0.15) is 5.56 Å². The Kier molecular flexibility index (Phi) is 4.80. The number of methoxy groups -OCH3 is 1. The average molecular weight is 289 g/mol. The van der Waals surface area contributed by atoms with E-state index >= 15 is 0 Å². The van der Waals surface area contributed by atoms with Crippen LogP contribution in [0.2, 0.25) is 5.02 Å². The molecule has 20 heavy (non-hydrogen) atoms. The molecule has 0 aliphatic carbocycles. The van der Waals surface area contributed by atoms with Gasteiger partial charge < -0.3 is 9.47 Å². The summed E-state index contributed by atoms with van der Waals surface area (Å²) in [7, 11) is 1.58. The molecule has 2 aromatic carbocycles. The molecule has 0 amide bonds. The van der Waals surface area contributed by atoms with E-state index in [1.807, 2.05) is 12.1 Å². The maximum atomic E-state index is 11.6. The lowest BCUT2D eigenvalue weighted by Crippen LogP contribution is -2.03. The average Bonchev–Trinajstić information content (AvgIpc) is 2.47. The molecule has 0 heterocycles. The Labute approximate surface area is 122 Å². The van der Waals surface area contributed by atoms with Gasteiger partial charge in [-0.05, 0) is 48.0 Å². The minimum absolute atomic E-state index is 0.440. The van der Waals surface area contributed by atoms with Gasteiger partial charge in [0.2, 0.25) is 0 Å². The van der Waals surface area contributed by atoms with Crippen molar-refractivity contribution >= 4 is 23.6 Å². The Morgan fingerprint density at radius 2 is 1.60 bits per heavy atom. The molecular formula is C16H13ClO3. The van der Waals surface area contributed by atoms with Gasteiger partial charge in [0.15, 0.2) is 0 Å². The van der Waals surface area contributed by atoms with Crippen LogP contribution in [-0.4, -0.2) is 13.1 Å². The van der Waals surface area contributed by atoms with E-state index in [4.69, 9.17) is 21.1 Å². The Morgan fingerprint density at radius 1 is 1.00 bits per heavy atom. The fourth-order valence-corrected chi connectivity index (χ4v) is 1.66. The third kappa shape index (κ3) is 4.14. The highest BCUT2D eigenvalue weighted by atomic mass is 35.5. The van der Waals surface area contributed by atoms with Gasteiger partial charge in [-0.3, -0.25) is 0 Å². The summed E-state index contributed by atoms with van der Waals surface area (Å²) in [5, 5.41) is 0.656. The Hall–Kier alpha value is -2.26. The largest absolute Gasteiger partial charge is 0.497 e. The second kappa shape index (κ2) is 6.78. The highest BCUT2D eigenvalue weighted by molar-refractivity contribution is 6.30. The van der Waals surface area contributed by atoms with Crippen LogP contribution in [0.3, 0.4) is 0 Å². The van der Waals surface area contributed by atoms with Crippen LogP contribution in [0.25, 0.3) is 6.08 Å². The van der Waals surface area contributed by atoms with Gasteiger partial charge in [-0.25, -0.2) is 4.79 Å². The first kappa shape index (κ1) is 14.2. The van der Waals surface area contributed by atoms with Gasteiger partial charge in [0.05, 0.1) is 7.11 Å². The number of rotatable bonds is 4. The number of carbonyl (C=O) groups is 1. The van der Waals surface area contributed by atoms with E-state index in [1.165, 1.54) is 6.08 Å². The van der Waals surface area contributed by atoms with Crippen LogP contribution >= 0.6 is 11.6 Å². The molecule has 0 aromatic heterocycles. The summed E-state index contributed by atoms with van der Waals surface area (Å²) in [6, 6.07) is 14.0. The van der Waals surface area contributed by atoms with E-state index in [-0.39, 0.29) is 0 Å². The minimum atomic E-state index is -0.440. The molecule has 0 aliphatic heterocycles. The lowest BCUT2D eigenvalue weighted by atomic mass is 10.2. The van der Waals surface area contributed by atoms with Gasteiger partial charge in [0.25, 0.3) is 0 Å². The summed E-state index contributed by atoms with van der Waals surface area (Å²) >= 11 is 5.78. The van der Waals surface area contributed by atoms with Crippen molar-refractivity contribution in [2.45, 2.75) is 0 Å². The van der Waals surface area contributed by atoms with Gasteiger partial charge in [0.1, 0.15) is 11.5 Å². The summed E-state index contributed by atoms with van der Waals surface area (Å²) in [6.07, 6.45) is 3.04. The lowest BCUT2D eigenvalue weighted by molar-refractivity contribution is -0.128. The molecule has 4 heteroatoms. The first-order valence-corrected chi connectivity index (χ1v) is 6.35. The summed E-state index contributed by atoms with van der Waals surface area (Å²) < 4.78 is 10.2. The highest BCUT2D eigenvalue weighted by Gasteiger charge is 2.00. The van der Waals surface area contributed by atoms with E-state index in [1.54, 1.807) is 49.6 Å². The van der Waals surface area contributed by atoms with Crippen LogP contribution in [0.15, 0.2) is 54.6 Å². The molecule has 0 radical (unpaired) electrons. The van der Waals surface area contributed by atoms with Crippen LogP contribution in [0, 0.1) is 0 Å². The van der Waals surface area contributed by atoms with Gasteiger partial charge in [-0.15, -0.1) is 0 Å². The second-order valence-electron chi connectivity index (χ2n) is 3.98. The predicted octanol–water partition coefficient (Wildman–Crippen LogP) is 3.97.